The molecule has 3 rings (SSSR count). The molecule has 0 aliphatic carbocycles. The molecule has 23 heavy (non-hydrogen) atoms. The molecule has 2 aromatic rings. The molecule has 3 heterocycles. The molecule has 2 aromatic heterocycles. The highest BCUT2D eigenvalue weighted by atomic mass is 16.5. The third kappa shape index (κ3) is 2.97. The van der Waals surface area contributed by atoms with Gasteiger partial charge in [0, 0.05) is 19.3 Å². The maximum absolute atomic E-state index is 11.9. The highest BCUT2D eigenvalue weighted by Gasteiger charge is 2.21. The molecule has 1 atom stereocenters. The number of morpholine rings is 1. The van der Waals surface area contributed by atoms with Gasteiger partial charge in [0.25, 0.3) is 5.56 Å². The Hall–Kier alpha value is -2.99. The first-order valence-corrected chi connectivity index (χ1v) is 7.05. The lowest BCUT2D eigenvalue weighted by Gasteiger charge is -2.33. The fourth-order valence-corrected chi connectivity index (χ4v) is 2.47. The Morgan fingerprint density at radius 2 is 2.26 bits per heavy atom. The molecule has 2 N–H and O–H groups in total. The van der Waals surface area contributed by atoms with E-state index in [1.165, 1.54) is 6.20 Å². The van der Waals surface area contributed by atoms with Crippen molar-refractivity contribution in [2.45, 2.75) is 13.0 Å². The van der Waals surface area contributed by atoms with Crippen molar-refractivity contribution in [2.75, 3.05) is 24.6 Å². The van der Waals surface area contributed by atoms with E-state index < -0.39 is 11.2 Å². The van der Waals surface area contributed by atoms with Crippen molar-refractivity contribution in [3.63, 3.8) is 0 Å². The van der Waals surface area contributed by atoms with Gasteiger partial charge >= 0.3 is 5.69 Å². The minimum atomic E-state index is -0.595. The lowest BCUT2D eigenvalue weighted by Crippen LogP contribution is -2.41. The largest absolute Gasteiger partial charge is 0.375 e. The molecular weight excluding hydrogens is 300 g/mol. The smallest absolute Gasteiger partial charge is 0.325 e. The highest BCUT2D eigenvalue weighted by molar-refractivity contribution is 5.66. The van der Waals surface area contributed by atoms with Crippen molar-refractivity contribution in [3.05, 3.63) is 38.8 Å². The minimum absolute atomic E-state index is 0.0309. The average Bonchev–Trinajstić information content (AvgIpc) is 2.54. The molecule has 1 saturated heterocycles. The van der Waals surface area contributed by atoms with Gasteiger partial charge in [-0.2, -0.15) is 5.26 Å². The fourth-order valence-electron chi connectivity index (χ4n) is 2.47. The zero-order valence-corrected chi connectivity index (χ0v) is 12.4. The van der Waals surface area contributed by atoms with Gasteiger partial charge in [0.1, 0.15) is 11.8 Å². The van der Waals surface area contributed by atoms with Crippen LogP contribution in [0, 0.1) is 11.3 Å². The van der Waals surface area contributed by atoms with Crippen molar-refractivity contribution >= 4 is 5.69 Å². The number of nitriles is 1. The number of anilines is 1. The van der Waals surface area contributed by atoms with E-state index >= 15 is 0 Å². The van der Waals surface area contributed by atoms with Crippen LogP contribution < -0.4 is 16.1 Å². The van der Waals surface area contributed by atoms with E-state index in [1.54, 1.807) is 6.07 Å². The van der Waals surface area contributed by atoms with Crippen molar-refractivity contribution in [1.29, 1.82) is 5.26 Å². The van der Waals surface area contributed by atoms with Crippen LogP contribution in [0.25, 0.3) is 11.3 Å². The van der Waals surface area contributed by atoms with Crippen LogP contribution in [-0.2, 0) is 4.74 Å². The summed E-state index contributed by atoms with van der Waals surface area (Å²) in [6, 6.07) is 3.64. The molecular formula is C14H14N6O3. The van der Waals surface area contributed by atoms with Gasteiger partial charge in [-0.3, -0.25) is 9.78 Å². The number of hydrogen-bond donors (Lipinski definition) is 2. The van der Waals surface area contributed by atoms with Gasteiger partial charge in [0.15, 0.2) is 5.69 Å². The number of hydrogen-bond acceptors (Lipinski definition) is 7. The molecule has 1 aliphatic heterocycles. The summed E-state index contributed by atoms with van der Waals surface area (Å²) < 4.78 is 5.49. The molecule has 118 valence electrons. The van der Waals surface area contributed by atoms with E-state index in [2.05, 4.69) is 20.2 Å². The van der Waals surface area contributed by atoms with Gasteiger partial charge in [-0.15, -0.1) is 10.2 Å². The van der Waals surface area contributed by atoms with Gasteiger partial charge < -0.3 is 14.6 Å². The number of rotatable bonds is 2. The van der Waals surface area contributed by atoms with Gasteiger partial charge in [0.2, 0.25) is 0 Å². The molecule has 0 aromatic carbocycles. The van der Waals surface area contributed by atoms with E-state index in [0.717, 1.165) is 0 Å². The van der Waals surface area contributed by atoms with Crippen LogP contribution in [0.3, 0.4) is 0 Å². The molecule has 9 heteroatoms. The van der Waals surface area contributed by atoms with Crippen LogP contribution in [-0.4, -0.2) is 46.0 Å². The second kappa shape index (κ2) is 6.02. The third-order valence-corrected chi connectivity index (χ3v) is 3.56. The SMILES string of the molecule is C[C@H]1CN(c2cc(-c3c[nH]c(=O)[nH]c3=O)nnc2C#N)CCO1. The Labute approximate surface area is 130 Å². The third-order valence-electron chi connectivity index (χ3n) is 3.56. The molecule has 0 saturated carbocycles. The number of nitrogens with one attached hydrogen (secondary N) is 2. The standard InChI is InChI=1S/C14H14N6O3/c1-8-7-20(2-3-23-8)12-4-10(18-19-11(12)5-15)9-6-16-14(22)17-13(9)21/h4,6,8H,2-3,7H2,1H3,(H2,16,17,21,22)/t8-/m0/s1. The Bertz CT molecular complexity index is 881. The van der Waals surface area contributed by atoms with Crippen molar-refractivity contribution in [1.82, 2.24) is 20.2 Å². The summed E-state index contributed by atoms with van der Waals surface area (Å²) in [6.45, 7) is 3.72. The molecule has 0 radical (unpaired) electrons. The van der Waals surface area contributed by atoms with Crippen LogP contribution in [0.15, 0.2) is 21.9 Å². The summed E-state index contributed by atoms with van der Waals surface area (Å²) in [5, 5.41) is 17.1. The molecule has 1 fully saturated rings. The topological polar surface area (TPSA) is 128 Å². The van der Waals surface area contributed by atoms with Crippen LogP contribution in [0.1, 0.15) is 12.6 Å². The predicted molar refractivity (Wildman–Crippen MR) is 81.1 cm³/mol. The number of aromatic amines is 2. The summed E-state index contributed by atoms with van der Waals surface area (Å²) in [4.78, 5) is 29.5. The summed E-state index contributed by atoms with van der Waals surface area (Å²) in [5.74, 6) is 0. The molecule has 9 nitrogen and oxygen atoms in total. The second-order valence-corrected chi connectivity index (χ2v) is 5.19. The molecule has 0 bridgehead atoms. The Balaban J connectivity index is 2.07. The van der Waals surface area contributed by atoms with E-state index in [0.29, 0.717) is 25.4 Å². The van der Waals surface area contributed by atoms with Gasteiger partial charge in [-0.1, -0.05) is 0 Å². The first-order chi connectivity index (χ1) is 11.1. The maximum atomic E-state index is 11.9. The summed E-state index contributed by atoms with van der Waals surface area (Å²) in [5.41, 5.74) is 0.0957. The fraction of sp³-hybridized carbons (Fsp3) is 0.357. The summed E-state index contributed by atoms with van der Waals surface area (Å²) in [6.07, 6.45) is 1.31. The lowest BCUT2D eigenvalue weighted by molar-refractivity contribution is 0.0532. The van der Waals surface area contributed by atoms with Crippen molar-refractivity contribution < 1.29 is 4.74 Å². The van der Waals surface area contributed by atoms with Crippen LogP contribution in [0.5, 0.6) is 0 Å². The van der Waals surface area contributed by atoms with E-state index in [1.807, 2.05) is 17.9 Å². The van der Waals surface area contributed by atoms with E-state index in [9.17, 15) is 14.9 Å². The summed E-state index contributed by atoms with van der Waals surface area (Å²) >= 11 is 0. The zero-order valence-electron chi connectivity index (χ0n) is 12.4. The number of ether oxygens (including phenoxy) is 1. The predicted octanol–water partition coefficient (Wildman–Crippen LogP) is -0.383. The van der Waals surface area contributed by atoms with E-state index in [4.69, 9.17) is 4.74 Å². The number of H-pyrrole nitrogens is 2. The first-order valence-electron chi connectivity index (χ1n) is 7.05. The molecule has 1 aliphatic rings. The molecule has 0 amide bonds. The number of nitrogens with zero attached hydrogens (tertiary/aromatic N) is 4. The average molecular weight is 314 g/mol. The Morgan fingerprint density at radius 3 is 2.96 bits per heavy atom. The van der Waals surface area contributed by atoms with Gasteiger partial charge in [-0.05, 0) is 13.0 Å². The van der Waals surface area contributed by atoms with E-state index in [-0.39, 0.29) is 23.1 Å². The minimum Gasteiger partial charge on any atom is -0.375 e. The highest BCUT2D eigenvalue weighted by Crippen LogP contribution is 2.24. The lowest BCUT2D eigenvalue weighted by atomic mass is 10.1. The monoisotopic (exact) mass is 314 g/mol. The van der Waals surface area contributed by atoms with Crippen LogP contribution >= 0.6 is 0 Å². The summed E-state index contributed by atoms with van der Waals surface area (Å²) in [7, 11) is 0. The second-order valence-electron chi connectivity index (χ2n) is 5.19. The Morgan fingerprint density at radius 1 is 1.43 bits per heavy atom. The molecule has 0 unspecified atom stereocenters. The normalized spacial score (nSPS) is 17.7. The van der Waals surface area contributed by atoms with Crippen LogP contribution in [0.4, 0.5) is 5.69 Å². The quantitative estimate of drug-likeness (QED) is 0.773. The Kier molecular flexibility index (Phi) is 3.91. The maximum Gasteiger partial charge on any atom is 0.325 e. The van der Waals surface area contributed by atoms with Crippen LogP contribution in [0.2, 0.25) is 0 Å². The molecule has 0 spiro atoms. The first kappa shape index (κ1) is 14.9. The van der Waals surface area contributed by atoms with Crippen molar-refractivity contribution in [2.24, 2.45) is 0 Å². The number of aromatic nitrogens is 4. The van der Waals surface area contributed by atoms with Gasteiger partial charge in [0.05, 0.1) is 24.0 Å². The zero-order chi connectivity index (χ0) is 16.4. The van der Waals surface area contributed by atoms with Gasteiger partial charge in [-0.25, -0.2) is 4.79 Å². The van der Waals surface area contributed by atoms with Crippen molar-refractivity contribution in [3.8, 4) is 17.3 Å².